The fourth-order valence-corrected chi connectivity index (χ4v) is 2.65. The van der Waals surface area contributed by atoms with E-state index in [1.54, 1.807) is 0 Å². The minimum Gasteiger partial charge on any atom is -0.364 e. The number of allylic oxidation sites excluding steroid dienone is 1. The molecule has 1 heterocycles. The molecule has 84 valence electrons. The number of ether oxygens (including phenoxy) is 1. The van der Waals surface area contributed by atoms with Gasteiger partial charge in [-0.2, -0.15) is 0 Å². The van der Waals surface area contributed by atoms with Crippen LogP contribution in [-0.2, 0) is 4.74 Å². The van der Waals surface area contributed by atoms with Crippen LogP contribution in [-0.4, -0.2) is 12.2 Å². The van der Waals surface area contributed by atoms with Gasteiger partial charge in [0, 0.05) is 0 Å². The van der Waals surface area contributed by atoms with Crippen LogP contribution in [0.1, 0.15) is 25.8 Å². The molecule has 0 amide bonds. The monoisotopic (exact) mass is 214 g/mol. The summed E-state index contributed by atoms with van der Waals surface area (Å²) in [6.07, 6.45) is 4.39. The number of fused-ring (bicyclic) bond motifs is 1. The van der Waals surface area contributed by atoms with Crippen molar-refractivity contribution in [2.75, 3.05) is 0 Å². The number of rotatable bonds is 1. The standard InChI is InChI=1S/C15H18O/c1-10-8-9-13(12-6-4-3-5-7-12)15-14(16-15)11(10)2/h3-7,9-11,14-15H,8H2,1-2H3/t10-,11+,14+,15-/m1/s1. The van der Waals surface area contributed by atoms with Crippen LogP contribution >= 0.6 is 0 Å². The summed E-state index contributed by atoms with van der Waals surface area (Å²) in [6, 6.07) is 10.6. The highest BCUT2D eigenvalue weighted by Gasteiger charge is 2.48. The molecule has 1 heteroatoms. The van der Waals surface area contributed by atoms with Crippen molar-refractivity contribution in [3.63, 3.8) is 0 Å². The van der Waals surface area contributed by atoms with Gasteiger partial charge < -0.3 is 4.74 Å². The zero-order valence-electron chi connectivity index (χ0n) is 9.89. The predicted octanol–water partition coefficient (Wildman–Crippen LogP) is 3.51. The first kappa shape index (κ1) is 10.1. The minimum atomic E-state index is 0.363. The first-order valence-electron chi connectivity index (χ1n) is 6.18. The van der Waals surface area contributed by atoms with Crippen molar-refractivity contribution >= 4 is 5.57 Å². The van der Waals surface area contributed by atoms with Gasteiger partial charge in [0.05, 0.1) is 6.10 Å². The largest absolute Gasteiger partial charge is 0.364 e. The van der Waals surface area contributed by atoms with Gasteiger partial charge in [0.15, 0.2) is 0 Å². The Balaban J connectivity index is 1.92. The zero-order chi connectivity index (χ0) is 11.1. The fourth-order valence-electron chi connectivity index (χ4n) is 2.65. The Morgan fingerprint density at radius 2 is 1.88 bits per heavy atom. The lowest BCUT2D eigenvalue weighted by atomic mass is 9.91. The molecule has 0 saturated carbocycles. The second kappa shape index (κ2) is 3.74. The second-order valence-electron chi connectivity index (χ2n) is 5.12. The molecule has 1 fully saturated rings. The third-order valence-corrected chi connectivity index (χ3v) is 4.06. The van der Waals surface area contributed by atoms with Gasteiger partial charge in [0.25, 0.3) is 0 Å². The second-order valence-corrected chi connectivity index (χ2v) is 5.12. The van der Waals surface area contributed by atoms with Crippen molar-refractivity contribution in [1.29, 1.82) is 0 Å². The normalized spacial score (nSPS) is 37.2. The Kier molecular flexibility index (Phi) is 2.36. The van der Waals surface area contributed by atoms with E-state index in [2.05, 4.69) is 50.3 Å². The van der Waals surface area contributed by atoms with Gasteiger partial charge in [-0.15, -0.1) is 0 Å². The summed E-state index contributed by atoms with van der Waals surface area (Å²) in [5.74, 6) is 1.42. The van der Waals surface area contributed by atoms with Crippen molar-refractivity contribution in [2.45, 2.75) is 32.5 Å². The third-order valence-electron chi connectivity index (χ3n) is 4.06. The number of hydrogen-bond acceptors (Lipinski definition) is 1. The Hall–Kier alpha value is -1.08. The van der Waals surface area contributed by atoms with Gasteiger partial charge in [-0.05, 0) is 29.4 Å². The van der Waals surface area contributed by atoms with E-state index < -0.39 is 0 Å². The summed E-state index contributed by atoms with van der Waals surface area (Å²) in [6.45, 7) is 4.64. The molecule has 0 radical (unpaired) electrons. The van der Waals surface area contributed by atoms with Gasteiger partial charge in [-0.3, -0.25) is 0 Å². The molecule has 0 bridgehead atoms. The molecule has 1 aliphatic heterocycles. The summed E-state index contributed by atoms with van der Waals surface area (Å²) >= 11 is 0. The third kappa shape index (κ3) is 1.60. The molecule has 0 unspecified atom stereocenters. The average molecular weight is 214 g/mol. The van der Waals surface area contributed by atoms with Gasteiger partial charge in [-0.1, -0.05) is 50.3 Å². The Morgan fingerprint density at radius 3 is 2.62 bits per heavy atom. The molecular formula is C15H18O. The van der Waals surface area contributed by atoms with Crippen molar-refractivity contribution in [3.8, 4) is 0 Å². The van der Waals surface area contributed by atoms with Crippen LogP contribution in [0.25, 0.3) is 5.57 Å². The summed E-state index contributed by atoms with van der Waals surface area (Å²) < 4.78 is 5.84. The van der Waals surface area contributed by atoms with E-state index in [1.165, 1.54) is 17.6 Å². The number of hydrogen-bond donors (Lipinski definition) is 0. The van der Waals surface area contributed by atoms with Gasteiger partial charge in [0.2, 0.25) is 0 Å². The molecule has 0 aromatic heterocycles. The summed E-state index contributed by atoms with van der Waals surface area (Å²) in [7, 11) is 0. The molecule has 2 aliphatic rings. The highest BCUT2D eigenvalue weighted by Crippen LogP contribution is 2.45. The lowest BCUT2D eigenvalue weighted by Crippen LogP contribution is -2.13. The Bertz CT molecular complexity index is 407. The van der Waals surface area contributed by atoms with Crippen LogP contribution in [0.2, 0.25) is 0 Å². The highest BCUT2D eigenvalue weighted by atomic mass is 16.6. The van der Waals surface area contributed by atoms with E-state index in [0.717, 1.165) is 5.92 Å². The van der Waals surface area contributed by atoms with Gasteiger partial charge in [0.1, 0.15) is 6.10 Å². The summed E-state index contributed by atoms with van der Waals surface area (Å²) in [5.41, 5.74) is 2.73. The van der Waals surface area contributed by atoms with Crippen molar-refractivity contribution in [2.24, 2.45) is 11.8 Å². The Morgan fingerprint density at radius 1 is 1.12 bits per heavy atom. The van der Waals surface area contributed by atoms with Crippen molar-refractivity contribution in [3.05, 3.63) is 42.0 Å². The SMILES string of the molecule is C[C@@H]1[C@@H]2O[C@@H]2C(c2ccccc2)=CC[C@H]1C. The van der Waals surface area contributed by atoms with Crippen LogP contribution in [0.4, 0.5) is 0 Å². The molecule has 1 aliphatic carbocycles. The molecule has 0 N–H and O–H groups in total. The molecule has 3 rings (SSSR count). The highest BCUT2D eigenvalue weighted by molar-refractivity contribution is 5.71. The summed E-state index contributed by atoms with van der Waals surface area (Å²) in [4.78, 5) is 0. The first-order valence-corrected chi connectivity index (χ1v) is 6.18. The lowest BCUT2D eigenvalue weighted by molar-refractivity contribution is 0.274. The van der Waals surface area contributed by atoms with Crippen LogP contribution in [0.3, 0.4) is 0 Å². The van der Waals surface area contributed by atoms with Crippen molar-refractivity contribution < 1.29 is 4.74 Å². The molecule has 1 aromatic rings. The number of benzene rings is 1. The average Bonchev–Trinajstić information content (AvgIpc) is 3.09. The Labute approximate surface area is 97.1 Å². The van der Waals surface area contributed by atoms with E-state index in [9.17, 15) is 0 Å². The van der Waals surface area contributed by atoms with Crippen molar-refractivity contribution in [1.82, 2.24) is 0 Å². The fraction of sp³-hybridized carbons (Fsp3) is 0.467. The zero-order valence-corrected chi connectivity index (χ0v) is 9.89. The van der Waals surface area contributed by atoms with Crippen LogP contribution in [0.15, 0.2) is 36.4 Å². The maximum absolute atomic E-state index is 5.84. The van der Waals surface area contributed by atoms with Crippen LogP contribution < -0.4 is 0 Å². The van der Waals surface area contributed by atoms with E-state index in [0.29, 0.717) is 18.1 Å². The molecule has 1 saturated heterocycles. The van der Waals surface area contributed by atoms with Crippen LogP contribution in [0.5, 0.6) is 0 Å². The molecular weight excluding hydrogens is 196 g/mol. The van der Waals surface area contributed by atoms with E-state index in [-0.39, 0.29) is 0 Å². The van der Waals surface area contributed by atoms with E-state index in [4.69, 9.17) is 4.74 Å². The minimum absolute atomic E-state index is 0.363. The van der Waals surface area contributed by atoms with E-state index in [1.807, 2.05) is 0 Å². The molecule has 1 aromatic carbocycles. The predicted molar refractivity (Wildman–Crippen MR) is 66.0 cm³/mol. The molecule has 4 atom stereocenters. The summed E-state index contributed by atoms with van der Waals surface area (Å²) in [5, 5.41) is 0. The molecule has 1 nitrogen and oxygen atoms in total. The van der Waals surface area contributed by atoms with Crippen LogP contribution in [0, 0.1) is 11.8 Å². The maximum Gasteiger partial charge on any atom is 0.110 e. The molecule has 16 heavy (non-hydrogen) atoms. The number of epoxide rings is 1. The smallest absolute Gasteiger partial charge is 0.110 e. The quantitative estimate of drug-likeness (QED) is 0.652. The maximum atomic E-state index is 5.84. The van der Waals surface area contributed by atoms with E-state index >= 15 is 0 Å². The lowest BCUT2D eigenvalue weighted by Gasteiger charge is -2.14. The van der Waals surface area contributed by atoms with Gasteiger partial charge in [-0.25, -0.2) is 0 Å². The van der Waals surface area contributed by atoms with Gasteiger partial charge >= 0.3 is 0 Å². The first-order chi connectivity index (χ1) is 7.77. The molecule has 0 spiro atoms. The topological polar surface area (TPSA) is 12.5 Å².